The first-order chi connectivity index (χ1) is 15.9. The molecule has 0 atom stereocenters. The minimum Gasteiger partial charge on any atom is -0.455 e. The minimum absolute atomic E-state index is 0.602. The van der Waals surface area contributed by atoms with Crippen LogP contribution in [0.2, 0.25) is 0 Å². The summed E-state index contributed by atoms with van der Waals surface area (Å²) in [5.41, 5.74) is 4.91. The van der Waals surface area contributed by atoms with Crippen LogP contribution in [0.1, 0.15) is 0 Å². The molecule has 0 fully saturated rings. The van der Waals surface area contributed by atoms with Crippen molar-refractivity contribution in [2.75, 3.05) is 0 Å². The van der Waals surface area contributed by atoms with Crippen molar-refractivity contribution in [1.82, 2.24) is 19.5 Å². The van der Waals surface area contributed by atoms with Crippen molar-refractivity contribution in [3.05, 3.63) is 97.3 Å². The largest absolute Gasteiger partial charge is 0.455 e. The molecule has 150 valence electrons. The number of aromatic nitrogens is 4. The van der Waals surface area contributed by atoms with E-state index in [-0.39, 0.29) is 0 Å². The summed E-state index contributed by atoms with van der Waals surface area (Å²) in [5, 5.41) is 4.42. The molecule has 0 aliphatic carbocycles. The van der Waals surface area contributed by atoms with Crippen LogP contribution in [-0.4, -0.2) is 19.5 Å². The van der Waals surface area contributed by atoms with E-state index in [1.165, 1.54) is 0 Å². The normalized spacial score (nSPS) is 11.8. The first-order valence-electron chi connectivity index (χ1n) is 10.5. The summed E-state index contributed by atoms with van der Waals surface area (Å²) in [6.45, 7) is 0. The molecule has 0 unspecified atom stereocenters. The highest BCUT2D eigenvalue weighted by Gasteiger charge is 2.21. The number of hydrogen-bond acceptors (Lipinski definition) is 4. The summed E-state index contributed by atoms with van der Waals surface area (Å²) in [6, 6.07) is 28.9. The van der Waals surface area contributed by atoms with Crippen molar-refractivity contribution in [3.8, 4) is 17.1 Å². The summed E-state index contributed by atoms with van der Waals surface area (Å²) >= 11 is 0. The molecule has 0 N–H and O–H groups in total. The topological polar surface area (TPSA) is 56.7 Å². The number of furan rings is 1. The van der Waals surface area contributed by atoms with Gasteiger partial charge < -0.3 is 4.42 Å². The molecule has 0 radical (unpaired) electrons. The molecule has 4 aromatic carbocycles. The fraction of sp³-hybridized carbons (Fsp3) is 0. The van der Waals surface area contributed by atoms with Crippen LogP contribution in [0.3, 0.4) is 0 Å². The van der Waals surface area contributed by atoms with E-state index < -0.39 is 0 Å². The van der Waals surface area contributed by atoms with Crippen LogP contribution in [0, 0.1) is 0 Å². The summed E-state index contributed by atoms with van der Waals surface area (Å²) in [4.78, 5) is 13.9. The maximum atomic E-state index is 6.54. The van der Waals surface area contributed by atoms with Crippen LogP contribution >= 0.6 is 0 Å². The van der Waals surface area contributed by atoms with Gasteiger partial charge in [-0.05, 0) is 29.7 Å². The lowest BCUT2D eigenvalue weighted by atomic mass is 10.0. The third kappa shape index (κ3) is 2.36. The van der Waals surface area contributed by atoms with Crippen molar-refractivity contribution in [1.29, 1.82) is 0 Å². The standard InChI is InChI=1S/C27H16N4O/c1-2-8-18(9-3-1)31-26(30-25-27(31)29-16-15-28-25)22-12-6-11-20-21-14-13-17-7-4-5-10-19(17)23(21)32-24(20)22/h1-16H. The van der Waals surface area contributed by atoms with Gasteiger partial charge in [0.05, 0.1) is 5.56 Å². The summed E-state index contributed by atoms with van der Waals surface area (Å²) < 4.78 is 8.59. The van der Waals surface area contributed by atoms with Crippen LogP contribution in [0.15, 0.2) is 102 Å². The molecule has 3 aromatic heterocycles. The van der Waals surface area contributed by atoms with E-state index in [1.807, 2.05) is 53.1 Å². The number of nitrogens with zero attached hydrogens (tertiary/aromatic N) is 4. The Morgan fingerprint density at radius 1 is 0.625 bits per heavy atom. The zero-order chi connectivity index (χ0) is 21.1. The lowest BCUT2D eigenvalue weighted by Crippen LogP contribution is -1.98. The summed E-state index contributed by atoms with van der Waals surface area (Å²) in [5.74, 6) is 0.756. The molecule has 0 saturated carbocycles. The first-order valence-corrected chi connectivity index (χ1v) is 10.5. The zero-order valence-electron chi connectivity index (χ0n) is 16.9. The molecular formula is C27H16N4O. The lowest BCUT2D eigenvalue weighted by molar-refractivity contribution is 0.673. The molecule has 0 aliphatic rings. The summed E-state index contributed by atoms with van der Waals surface area (Å²) in [6.07, 6.45) is 3.36. The molecule has 3 heterocycles. The quantitative estimate of drug-likeness (QED) is 0.324. The van der Waals surface area contributed by atoms with E-state index in [4.69, 9.17) is 9.40 Å². The fourth-order valence-electron chi connectivity index (χ4n) is 4.52. The Morgan fingerprint density at radius 3 is 2.34 bits per heavy atom. The Kier molecular flexibility index (Phi) is 3.49. The van der Waals surface area contributed by atoms with E-state index in [2.05, 4.69) is 46.4 Å². The Bertz CT molecular complexity index is 1780. The molecule has 5 heteroatoms. The van der Waals surface area contributed by atoms with E-state index in [1.54, 1.807) is 12.4 Å². The molecule has 0 spiro atoms. The van der Waals surface area contributed by atoms with Gasteiger partial charge in [-0.2, -0.15) is 0 Å². The van der Waals surface area contributed by atoms with Gasteiger partial charge in [-0.3, -0.25) is 4.57 Å². The maximum Gasteiger partial charge on any atom is 0.198 e. The average Bonchev–Trinajstić information content (AvgIpc) is 3.43. The Labute approximate surface area is 182 Å². The van der Waals surface area contributed by atoms with Gasteiger partial charge in [0.1, 0.15) is 11.2 Å². The first kappa shape index (κ1) is 17.2. The molecule has 0 bridgehead atoms. The molecule has 0 aliphatic heterocycles. The number of para-hydroxylation sites is 2. The second-order valence-electron chi connectivity index (χ2n) is 7.76. The second kappa shape index (κ2) is 6.49. The van der Waals surface area contributed by atoms with E-state index >= 15 is 0 Å². The van der Waals surface area contributed by atoms with Crippen LogP contribution in [0.5, 0.6) is 0 Å². The Morgan fingerprint density at radius 2 is 1.41 bits per heavy atom. The maximum absolute atomic E-state index is 6.54. The van der Waals surface area contributed by atoms with Crippen molar-refractivity contribution < 1.29 is 4.42 Å². The van der Waals surface area contributed by atoms with E-state index in [9.17, 15) is 0 Å². The fourth-order valence-corrected chi connectivity index (χ4v) is 4.52. The van der Waals surface area contributed by atoms with Crippen LogP contribution < -0.4 is 0 Å². The molecule has 7 rings (SSSR count). The van der Waals surface area contributed by atoms with Crippen molar-refractivity contribution in [2.45, 2.75) is 0 Å². The predicted octanol–water partition coefficient (Wildman–Crippen LogP) is 6.54. The lowest BCUT2D eigenvalue weighted by Gasteiger charge is -2.08. The summed E-state index contributed by atoms with van der Waals surface area (Å²) in [7, 11) is 0. The highest BCUT2D eigenvalue weighted by molar-refractivity contribution is 6.17. The van der Waals surface area contributed by atoms with Crippen molar-refractivity contribution in [3.63, 3.8) is 0 Å². The Hall–Kier alpha value is -4.51. The molecular weight excluding hydrogens is 396 g/mol. The van der Waals surface area contributed by atoms with Gasteiger partial charge in [-0.15, -0.1) is 0 Å². The van der Waals surface area contributed by atoms with Gasteiger partial charge in [0.15, 0.2) is 17.1 Å². The molecule has 0 saturated heterocycles. The molecule has 0 amide bonds. The zero-order valence-corrected chi connectivity index (χ0v) is 16.9. The number of benzene rings is 4. The average molecular weight is 412 g/mol. The van der Waals surface area contributed by atoms with Crippen molar-refractivity contribution >= 4 is 44.0 Å². The Balaban J connectivity index is 1.61. The van der Waals surface area contributed by atoms with Gasteiger partial charge in [0, 0.05) is 34.2 Å². The van der Waals surface area contributed by atoms with Crippen LogP contribution in [-0.2, 0) is 0 Å². The van der Waals surface area contributed by atoms with Gasteiger partial charge in [-0.1, -0.05) is 60.7 Å². The third-order valence-corrected chi connectivity index (χ3v) is 5.94. The monoisotopic (exact) mass is 412 g/mol. The minimum atomic E-state index is 0.602. The number of imidazole rings is 1. The van der Waals surface area contributed by atoms with Crippen molar-refractivity contribution in [2.24, 2.45) is 0 Å². The van der Waals surface area contributed by atoms with Crippen LogP contribution in [0.4, 0.5) is 0 Å². The highest BCUT2D eigenvalue weighted by Crippen LogP contribution is 2.39. The van der Waals surface area contributed by atoms with Crippen LogP contribution in [0.25, 0.3) is 61.1 Å². The van der Waals surface area contributed by atoms with E-state index in [0.29, 0.717) is 11.3 Å². The van der Waals surface area contributed by atoms with Gasteiger partial charge in [-0.25, -0.2) is 15.0 Å². The SMILES string of the molecule is c1ccc(-n2c(-c3cccc4c3oc3c5ccccc5ccc43)nc3nccnc32)cc1. The highest BCUT2D eigenvalue weighted by atomic mass is 16.3. The van der Waals surface area contributed by atoms with E-state index in [0.717, 1.165) is 49.8 Å². The van der Waals surface area contributed by atoms with Gasteiger partial charge in [0.25, 0.3) is 0 Å². The van der Waals surface area contributed by atoms with Gasteiger partial charge in [0.2, 0.25) is 0 Å². The molecule has 7 aromatic rings. The van der Waals surface area contributed by atoms with Gasteiger partial charge >= 0.3 is 0 Å². The smallest absolute Gasteiger partial charge is 0.198 e. The number of rotatable bonds is 2. The third-order valence-electron chi connectivity index (χ3n) is 5.94. The number of fused-ring (bicyclic) bond motifs is 6. The predicted molar refractivity (Wildman–Crippen MR) is 127 cm³/mol. The second-order valence-corrected chi connectivity index (χ2v) is 7.76. The molecule has 5 nitrogen and oxygen atoms in total. The number of hydrogen-bond donors (Lipinski definition) is 0. The molecule has 32 heavy (non-hydrogen) atoms.